The van der Waals surface area contributed by atoms with Crippen LogP contribution in [0.4, 0.5) is 17.1 Å². The van der Waals surface area contributed by atoms with E-state index in [-0.39, 0.29) is 21.7 Å². The van der Waals surface area contributed by atoms with Crippen molar-refractivity contribution in [3.63, 3.8) is 0 Å². The minimum absolute atomic E-state index is 0.122. The average molecular weight is 1020 g/mol. The van der Waals surface area contributed by atoms with Crippen molar-refractivity contribution in [2.45, 2.75) is 111 Å². The van der Waals surface area contributed by atoms with Crippen LogP contribution < -0.4 is 4.90 Å². The zero-order valence-corrected chi connectivity index (χ0v) is 43.0. The van der Waals surface area contributed by atoms with Gasteiger partial charge in [0, 0.05) is 40.5 Å². The van der Waals surface area contributed by atoms with Gasteiger partial charge in [0.05, 0.1) is 0 Å². The molecule has 0 heterocycles. The van der Waals surface area contributed by atoms with Gasteiger partial charge in [-0.3, -0.25) is 0 Å². The summed E-state index contributed by atoms with van der Waals surface area (Å²) in [5, 5.41) is 1.44. The Bertz CT molecular complexity index is 2070. The summed E-state index contributed by atoms with van der Waals surface area (Å²) in [6.07, 6.45) is 1.01. The highest BCUT2D eigenvalue weighted by Crippen LogP contribution is 2.39. The fourth-order valence-electron chi connectivity index (χ4n) is 6.34. The summed E-state index contributed by atoms with van der Waals surface area (Å²) < 4.78 is 2.94. The summed E-state index contributed by atoms with van der Waals surface area (Å²) in [7, 11) is 0. The van der Waals surface area contributed by atoms with Crippen molar-refractivity contribution in [3.05, 3.63) is 190 Å². The quantitative estimate of drug-likeness (QED) is 0.166. The van der Waals surface area contributed by atoms with Crippen LogP contribution in [0.25, 0.3) is 0 Å². The van der Waals surface area contributed by atoms with Crippen molar-refractivity contribution >= 4 is 88.1 Å². The zero-order chi connectivity index (χ0) is 43.9. The number of halogens is 5. The molecule has 0 aliphatic carbocycles. The highest BCUT2D eigenvalue weighted by molar-refractivity contribution is 9.11. The van der Waals surface area contributed by atoms with E-state index in [1.165, 1.54) is 33.4 Å². The molecule has 0 saturated carbocycles. The Labute approximate surface area is 391 Å². The minimum atomic E-state index is 0.122. The molecule has 312 valence electrons. The molecule has 0 N–H and O–H groups in total. The number of anilines is 3. The van der Waals surface area contributed by atoms with E-state index in [4.69, 9.17) is 23.2 Å². The van der Waals surface area contributed by atoms with Gasteiger partial charge >= 0.3 is 0 Å². The molecule has 0 bridgehead atoms. The van der Waals surface area contributed by atoms with E-state index in [9.17, 15) is 0 Å². The minimum Gasteiger partial charge on any atom is -0.310 e. The molecule has 0 radical (unpaired) electrons. The number of rotatable bonds is 5. The predicted octanol–water partition coefficient (Wildman–Crippen LogP) is 18.9. The topological polar surface area (TPSA) is 3.24 Å². The fourth-order valence-corrected chi connectivity index (χ4v) is 8.97. The Morgan fingerprint density at radius 2 is 0.627 bits per heavy atom. The molecule has 0 atom stereocenters. The van der Waals surface area contributed by atoms with Gasteiger partial charge in [0.25, 0.3) is 0 Å². The number of nitrogens with zero attached hydrogens (tertiary/aromatic N) is 1. The van der Waals surface area contributed by atoms with Gasteiger partial charge in [0.2, 0.25) is 0 Å². The summed E-state index contributed by atoms with van der Waals surface area (Å²) in [6.45, 7) is 27.0. The number of hydrogen-bond donors (Lipinski definition) is 0. The van der Waals surface area contributed by atoms with E-state index in [1.807, 2.05) is 30.3 Å². The first-order valence-corrected chi connectivity index (χ1v) is 23.2. The van der Waals surface area contributed by atoms with Gasteiger partial charge in [-0.1, -0.05) is 227 Å². The zero-order valence-electron chi connectivity index (χ0n) is 36.7. The molecule has 6 aromatic rings. The molecule has 0 unspecified atom stereocenters. The molecule has 0 amide bonds. The molecule has 1 nitrogen and oxygen atoms in total. The molecule has 6 heteroatoms. The first kappa shape index (κ1) is 48.8. The molecule has 0 fully saturated rings. The third-order valence-corrected chi connectivity index (χ3v) is 11.8. The molecule has 0 aliphatic heterocycles. The molecular formula is C53H60Br3Cl2N. The van der Waals surface area contributed by atoms with Crippen molar-refractivity contribution in [1.82, 2.24) is 0 Å². The second-order valence-corrected chi connectivity index (χ2v) is 22.8. The standard InChI is InChI=1S/C26H29BrClN.C21H28.C6H3Br2Cl/c1-25(2,3)18-7-11-22(12-8-18)29(24-16-20(27)15-21(28)17-24)23-13-9-19(10-14-23)26(4,5)6;1-20(2,3)18-11-7-16(8-12-18)15-17-9-13-19(14-10-17)21(4,5)6;7-4-1-5(8)3-6(9)2-4/h7-17H,1-6H3;7-14H,15H2,1-6H3;1-3H. The third-order valence-electron chi connectivity index (χ3n) is 9.96. The lowest BCUT2D eigenvalue weighted by Gasteiger charge is -2.28. The van der Waals surface area contributed by atoms with Gasteiger partial charge in [0.1, 0.15) is 0 Å². The van der Waals surface area contributed by atoms with Crippen molar-refractivity contribution < 1.29 is 0 Å². The van der Waals surface area contributed by atoms with Crippen molar-refractivity contribution in [1.29, 1.82) is 0 Å². The predicted molar refractivity (Wildman–Crippen MR) is 271 cm³/mol. The largest absolute Gasteiger partial charge is 0.310 e. The highest BCUT2D eigenvalue weighted by atomic mass is 79.9. The van der Waals surface area contributed by atoms with E-state index < -0.39 is 0 Å². The Morgan fingerprint density at radius 1 is 0.356 bits per heavy atom. The van der Waals surface area contributed by atoms with Crippen LogP contribution in [0.5, 0.6) is 0 Å². The van der Waals surface area contributed by atoms with Crippen molar-refractivity contribution in [2.75, 3.05) is 4.90 Å². The summed E-state index contributed by atoms with van der Waals surface area (Å²) >= 11 is 22.3. The van der Waals surface area contributed by atoms with Gasteiger partial charge in [-0.2, -0.15) is 0 Å². The third kappa shape index (κ3) is 15.2. The van der Waals surface area contributed by atoms with Crippen molar-refractivity contribution in [2.24, 2.45) is 0 Å². The summed E-state index contributed by atoms with van der Waals surface area (Å²) in [4.78, 5) is 2.25. The van der Waals surface area contributed by atoms with Crippen LogP contribution in [0.2, 0.25) is 10.0 Å². The van der Waals surface area contributed by atoms with E-state index >= 15 is 0 Å². The normalized spacial score (nSPS) is 11.9. The molecular weight excluding hydrogens is 961 g/mol. The fraction of sp³-hybridized carbons (Fsp3) is 0.321. The van der Waals surface area contributed by atoms with Crippen LogP contribution in [0.15, 0.2) is 147 Å². The average Bonchev–Trinajstić information content (AvgIpc) is 3.11. The van der Waals surface area contributed by atoms with E-state index in [0.29, 0.717) is 5.02 Å². The van der Waals surface area contributed by atoms with Gasteiger partial charge < -0.3 is 4.90 Å². The van der Waals surface area contributed by atoms with Crippen LogP contribution in [-0.4, -0.2) is 0 Å². The van der Waals surface area contributed by atoms with Gasteiger partial charge in [-0.15, -0.1) is 0 Å². The monoisotopic (exact) mass is 1020 g/mol. The van der Waals surface area contributed by atoms with Crippen LogP contribution in [0.3, 0.4) is 0 Å². The molecule has 0 spiro atoms. The lowest BCUT2D eigenvalue weighted by Crippen LogP contribution is -2.14. The Morgan fingerprint density at radius 3 is 0.898 bits per heavy atom. The van der Waals surface area contributed by atoms with Crippen LogP contribution in [0, 0.1) is 0 Å². The second kappa shape index (κ2) is 20.3. The van der Waals surface area contributed by atoms with E-state index in [0.717, 1.165) is 41.9 Å². The molecule has 59 heavy (non-hydrogen) atoms. The first-order valence-electron chi connectivity index (χ1n) is 20.1. The molecule has 6 aromatic carbocycles. The Hall–Kier alpha value is -2.86. The molecule has 0 saturated heterocycles. The summed E-state index contributed by atoms with van der Waals surface area (Å²) in [5.41, 5.74) is 12.1. The molecule has 0 aromatic heterocycles. The number of hydrogen-bond acceptors (Lipinski definition) is 1. The van der Waals surface area contributed by atoms with Crippen LogP contribution >= 0.6 is 71.0 Å². The maximum absolute atomic E-state index is 6.38. The maximum Gasteiger partial charge on any atom is 0.0487 e. The maximum atomic E-state index is 6.38. The first-order chi connectivity index (χ1) is 27.3. The van der Waals surface area contributed by atoms with Gasteiger partial charge in [-0.25, -0.2) is 0 Å². The number of benzene rings is 6. The molecule has 6 rings (SSSR count). The Kier molecular flexibility index (Phi) is 16.8. The van der Waals surface area contributed by atoms with E-state index in [2.05, 4.69) is 239 Å². The smallest absolute Gasteiger partial charge is 0.0487 e. The SMILES string of the molecule is CC(C)(C)c1ccc(Cc2ccc(C(C)(C)C)cc2)cc1.CC(C)(C)c1ccc(N(c2ccc(C(C)(C)C)cc2)c2cc(Cl)cc(Br)c2)cc1.Clc1cc(Br)cc(Br)c1. The lowest BCUT2D eigenvalue weighted by molar-refractivity contribution is 0.589. The van der Waals surface area contributed by atoms with E-state index in [1.54, 1.807) is 0 Å². The summed E-state index contributed by atoms with van der Waals surface area (Å²) in [5.74, 6) is 0. The summed E-state index contributed by atoms with van der Waals surface area (Å²) in [6, 6.07) is 47.3. The highest BCUT2D eigenvalue weighted by Gasteiger charge is 2.19. The van der Waals surface area contributed by atoms with Crippen LogP contribution in [-0.2, 0) is 28.1 Å². The second-order valence-electron chi connectivity index (χ2n) is 19.2. The molecule has 0 aliphatic rings. The van der Waals surface area contributed by atoms with Gasteiger partial charge in [0.15, 0.2) is 0 Å². The lowest BCUT2D eigenvalue weighted by atomic mass is 9.85. The van der Waals surface area contributed by atoms with Gasteiger partial charge in [-0.05, 0) is 122 Å². The Balaban J connectivity index is 0.000000222. The van der Waals surface area contributed by atoms with Crippen molar-refractivity contribution in [3.8, 4) is 0 Å². The van der Waals surface area contributed by atoms with Crippen LogP contribution in [0.1, 0.15) is 116 Å².